The topological polar surface area (TPSA) is 59.2 Å². The Kier molecular flexibility index (Phi) is 4.44. The fourth-order valence-corrected chi connectivity index (χ4v) is 2.06. The lowest BCUT2D eigenvalue weighted by Crippen LogP contribution is -2.45. The van der Waals surface area contributed by atoms with Crippen LogP contribution in [0, 0.1) is 5.92 Å². The molecule has 5 heteroatoms. The van der Waals surface area contributed by atoms with Crippen molar-refractivity contribution >= 4 is 17.2 Å². The van der Waals surface area contributed by atoms with E-state index in [4.69, 9.17) is 5.73 Å². The maximum absolute atomic E-state index is 12.0. The molecule has 1 rings (SSSR count). The minimum atomic E-state index is -0.438. The van der Waals surface area contributed by atoms with Crippen LogP contribution in [0.1, 0.15) is 31.8 Å². The minimum Gasteiger partial charge on any atom is -0.335 e. The Morgan fingerprint density at radius 1 is 1.50 bits per heavy atom. The molecule has 0 saturated heterocycles. The zero-order valence-corrected chi connectivity index (χ0v) is 11.0. The maximum Gasteiger partial charge on any atom is 0.240 e. The molecule has 0 aliphatic heterocycles. The van der Waals surface area contributed by atoms with E-state index in [1.165, 1.54) is 0 Å². The summed E-state index contributed by atoms with van der Waals surface area (Å²) in [7, 11) is 1.77. The molecular formula is C11H19N3OS. The third kappa shape index (κ3) is 2.80. The number of likely N-dealkylation sites (N-methyl/N-ethyl adjacent to an activating group) is 1. The Hall–Kier alpha value is -0.940. The number of hydrogen-bond acceptors (Lipinski definition) is 4. The number of nitrogens with two attached hydrogens (primary N) is 1. The molecule has 4 nitrogen and oxygen atoms in total. The van der Waals surface area contributed by atoms with Crippen molar-refractivity contribution in [2.45, 2.75) is 32.9 Å². The molecule has 0 aliphatic rings. The Labute approximate surface area is 100 Å². The highest BCUT2D eigenvalue weighted by molar-refractivity contribution is 7.09. The van der Waals surface area contributed by atoms with Gasteiger partial charge in [0.1, 0.15) is 5.01 Å². The second-order valence-electron chi connectivity index (χ2n) is 4.27. The second kappa shape index (κ2) is 5.41. The number of rotatable bonds is 4. The van der Waals surface area contributed by atoms with Crippen molar-refractivity contribution in [3.8, 4) is 0 Å². The molecule has 16 heavy (non-hydrogen) atoms. The summed E-state index contributed by atoms with van der Waals surface area (Å²) in [5.74, 6) is 0.121. The number of carbonyl (C=O) groups excluding carboxylic acids is 1. The first kappa shape index (κ1) is 13.1. The Bertz CT molecular complexity index is 337. The van der Waals surface area contributed by atoms with Gasteiger partial charge in [-0.2, -0.15) is 0 Å². The van der Waals surface area contributed by atoms with Gasteiger partial charge in [-0.1, -0.05) is 13.8 Å². The van der Waals surface area contributed by atoms with Gasteiger partial charge in [0, 0.05) is 18.6 Å². The van der Waals surface area contributed by atoms with Crippen LogP contribution in [-0.2, 0) is 4.79 Å². The summed E-state index contributed by atoms with van der Waals surface area (Å²) in [6.45, 7) is 5.86. The first-order chi connectivity index (χ1) is 7.45. The Balaban J connectivity index is 2.71. The van der Waals surface area contributed by atoms with Gasteiger partial charge in [-0.15, -0.1) is 11.3 Å². The molecule has 0 bridgehead atoms. The van der Waals surface area contributed by atoms with Gasteiger partial charge >= 0.3 is 0 Å². The van der Waals surface area contributed by atoms with Crippen LogP contribution in [0.5, 0.6) is 0 Å². The monoisotopic (exact) mass is 241 g/mol. The van der Waals surface area contributed by atoms with Crippen molar-refractivity contribution in [2.75, 3.05) is 7.05 Å². The molecule has 2 N–H and O–H groups in total. The lowest BCUT2D eigenvalue weighted by Gasteiger charge is -2.27. The predicted octanol–water partition coefficient (Wildman–Crippen LogP) is 1.65. The first-order valence-electron chi connectivity index (χ1n) is 5.36. The highest BCUT2D eigenvalue weighted by Gasteiger charge is 2.25. The number of amides is 1. The van der Waals surface area contributed by atoms with Crippen LogP contribution >= 0.6 is 11.3 Å². The van der Waals surface area contributed by atoms with E-state index in [1.54, 1.807) is 29.5 Å². The number of aromatic nitrogens is 1. The fraction of sp³-hybridized carbons (Fsp3) is 0.636. The van der Waals surface area contributed by atoms with Gasteiger partial charge < -0.3 is 10.6 Å². The molecule has 1 aromatic rings. The van der Waals surface area contributed by atoms with Gasteiger partial charge in [0.2, 0.25) is 5.91 Å². The van der Waals surface area contributed by atoms with Crippen LogP contribution in [0.25, 0.3) is 0 Å². The molecule has 0 fully saturated rings. The van der Waals surface area contributed by atoms with Gasteiger partial charge in [-0.05, 0) is 12.8 Å². The molecule has 0 aromatic carbocycles. The predicted molar refractivity (Wildman–Crippen MR) is 66.1 cm³/mol. The van der Waals surface area contributed by atoms with E-state index < -0.39 is 6.04 Å². The van der Waals surface area contributed by atoms with Crippen LogP contribution in [0.2, 0.25) is 0 Å². The summed E-state index contributed by atoms with van der Waals surface area (Å²) in [4.78, 5) is 17.9. The first-order valence-corrected chi connectivity index (χ1v) is 6.24. The third-order valence-corrected chi connectivity index (χ3v) is 3.69. The van der Waals surface area contributed by atoms with Gasteiger partial charge in [0.15, 0.2) is 0 Å². The smallest absolute Gasteiger partial charge is 0.240 e. The van der Waals surface area contributed by atoms with E-state index >= 15 is 0 Å². The van der Waals surface area contributed by atoms with Gasteiger partial charge in [-0.25, -0.2) is 4.98 Å². The van der Waals surface area contributed by atoms with Crippen LogP contribution in [0.4, 0.5) is 0 Å². The van der Waals surface area contributed by atoms with Crippen molar-refractivity contribution in [1.82, 2.24) is 9.88 Å². The van der Waals surface area contributed by atoms with Crippen molar-refractivity contribution in [1.29, 1.82) is 0 Å². The van der Waals surface area contributed by atoms with E-state index in [9.17, 15) is 4.79 Å². The highest BCUT2D eigenvalue weighted by Crippen LogP contribution is 2.21. The van der Waals surface area contributed by atoms with E-state index in [-0.39, 0.29) is 17.9 Å². The molecule has 1 amide bonds. The summed E-state index contributed by atoms with van der Waals surface area (Å²) in [6.07, 6.45) is 1.75. The number of nitrogens with zero attached hydrogens (tertiary/aromatic N) is 2. The standard InChI is InChI=1S/C11H19N3OS/c1-7(2)9(12)11(15)14(4)8(3)10-13-5-6-16-10/h5-9H,12H2,1-4H3. The van der Waals surface area contributed by atoms with Crippen molar-refractivity contribution in [3.63, 3.8) is 0 Å². The Morgan fingerprint density at radius 3 is 2.56 bits per heavy atom. The number of hydrogen-bond donors (Lipinski definition) is 1. The van der Waals surface area contributed by atoms with E-state index in [0.717, 1.165) is 5.01 Å². The Morgan fingerprint density at radius 2 is 2.12 bits per heavy atom. The van der Waals surface area contributed by atoms with E-state index in [1.807, 2.05) is 26.2 Å². The second-order valence-corrected chi connectivity index (χ2v) is 5.19. The number of thiazole rings is 1. The van der Waals surface area contributed by atoms with Crippen molar-refractivity contribution in [3.05, 3.63) is 16.6 Å². The molecule has 0 spiro atoms. The molecule has 2 unspecified atom stereocenters. The molecule has 0 radical (unpaired) electrons. The molecule has 0 aliphatic carbocycles. The zero-order valence-electron chi connectivity index (χ0n) is 10.2. The summed E-state index contributed by atoms with van der Waals surface area (Å²) in [6, 6.07) is -0.454. The van der Waals surface area contributed by atoms with Crippen molar-refractivity contribution in [2.24, 2.45) is 11.7 Å². The largest absolute Gasteiger partial charge is 0.335 e. The van der Waals surface area contributed by atoms with Crippen LogP contribution in [0.15, 0.2) is 11.6 Å². The third-order valence-electron chi connectivity index (χ3n) is 2.74. The van der Waals surface area contributed by atoms with Gasteiger partial charge in [0.25, 0.3) is 0 Å². The average molecular weight is 241 g/mol. The average Bonchev–Trinajstić information content (AvgIpc) is 2.78. The molecule has 0 saturated carbocycles. The maximum atomic E-state index is 12.0. The van der Waals surface area contributed by atoms with E-state index in [2.05, 4.69) is 4.98 Å². The van der Waals surface area contributed by atoms with Crippen LogP contribution < -0.4 is 5.73 Å². The van der Waals surface area contributed by atoms with Crippen LogP contribution in [0.3, 0.4) is 0 Å². The summed E-state index contributed by atoms with van der Waals surface area (Å²) >= 11 is 1.55. The lowest BCUT2D eigenvalue weighted by atomic mass is 10.0. The quantitative estimate of drug-likeness (QED) is 0.872. The fourth-order valence-electron chi connectivity index (χ4n) is 1.32. The van der Waals surface area contributed by atoms with Crippen molar-refractivity contribution < 1.29 is 4.79 Å². The normalized spacial score (nSPS) is 14.9. The van der Waals surface area contributed by atoms with Gasteiger partial charge in [0.05, 0.1) is 12.1 Å². The molecular weight excluding hydrogens is 222 g/mol. The van der Waals surface area contributed by atoms with Crippen LogP contribution in [-0.4, -0.2) is 28.9 Å². The van der Waals surface area contributed by atoms with Gasteiger partial charge in [-0.3, -0.25) is 4.79 Å². The molecule has 2 atom stereocenters. The summed E-state index contributed by atoms with van der Waals surface area (Å²) in [5, 5.41) is 2.85. The SMILES string of the molecule is CC(C)C(N)C(=O)N(C)C(C)c1nccs1. The highest BCUT2D eigenvalue weighted by atomic mass is 32.1. The molecule has 90 valence electrons. The van der Waals surface area contributed by atoms with E-state index in [0.29, 0.717) is 0 Å². The number of carbonyl (C=O) groups is 1. The molecule has 1 aromatic heterocycles. The summed E-state index contributed by atoms with van der Waals surface area (Å²) in [5.41, 5.74) is 5.84. The minimum absolute atomic E-state index is 0.0164. The summed E-state index contributed by atoms with van der Waals surface area (Å²) < 4.78 is 0. The zero-order chi connectivity index (χ0) is 12.3. The lowest BCUT2D eigenvalue weighted by molar-refractivity contribution is -0.134. The molecule has 1 heterocycles.